The number of hydrogen-bond donors (Lipinski definition) is 1. The van der Waals surface area contributed by atoms with E-state index in [2.05, 4.69) is 15.0 Å². The predicted octanol–water partition coefficient (Wildman–Crippen LogP) is 2.11. The number of nitrogens with one attached hydrogen (secondary N) is 1. The van der Waals surface area contributed by atoms with Crippen LogP contribution in [0.5, 0.6) is 0 Å². The molecule has 2 aromatic rings. The summed E-state index contributed by atoms with van der Waals surface area (Å²) in [4.78, 5) is 27.3. The minimum absolute atomic E-state index is 0.112. The highest BCUT2D eigenvalue weighted by Crippen LogP contribution is 2.06. The minimum Gasteiger partial charge on any atom is -0.464 e. The van der Waals surface area contributed by atoms with Crippen LogP contribution < -0.4 is 5.32 Å². The predicted molar refractivity (Wildman–Crippen MR) is 77.9 cm³/mol. The number of methoxy groups -OCH3 is 1. The maximum Gasteiger partial charge on any atom is 0.356 e. The summed E-state index contributed by atoms with van der Waals surface area (Å²) in [5, 5.41) is 2.80. The van der Waals surface area contributed by atoms with Gasteiger partial charge in [-0.15, -0.1) is 0 Å². The molecule has 1 amide bonds. The van der Waals surface area contributed by atoms with E-state index in [0.717, 1.165) is 5.56 Å². The lowest BCUT2D eigenvalue weighted by Gasteiger charge is -2.06. The molecule has 21 heavy (non-hydrogen) atoms. The summed E-state index contributed by atoms with van der Waals surface area (Å²) in [6.45, 7) is 2.43. The van der Waals surface area contributed by atoms with Gasteiger partial charge in [-0.1, -0.05) is 29.8 Å². The Balaban J connectivity index is 2.03. The number of benzene rings is 1. The van der Waals surface area contributed by atoms with E-state index in [0.29, 0.717) is 12.1 Å². The van der Waals surface area contributed by atoms with E-state index in [1.54, 1.807) is 6.07 Å². The van der Waals surface area contributed by atoms with Crippen molar-refractivity contribution in [3.63, 3.8) is 0 Å². The van der Waals surface area contributed by atoms with Crippen molar-refractivity contribution in [1.29, 1.82) is 0 Å². The molecule has 0 unspecified atom stereocenters. The molecule has 1 heterocycles. The molecule has 1 aromatic carbocycles. The van der Waals surface area contributed by atoms with Crippen LogP contribution >= 0.6 is 0 Å². The molecular weight excluding hydrogens is 268 g/mol. The Morgan fingerprint density at radius 2 is 1.90 bits per heavy atom. The SMILES string of the molecule is COC(=O)c1cc(C(=O)NCc2ccc(C)cc2)ccn1. The third kappa shape index (κ3) is 3.89. The number of aryl methyl sites for hydroxylation is 1. The number of aromatic nitrogens is 1. The molecule has 0 saturated carbocycles. The second kappa shape index (κ2) is 6.65. The first-order chi connectivity index (χ1) is 10.1. The largest absolute Gasteiger partial charge is 0.464 e. The van der Waals surface area contributed by atoms with Gasteiger partial charge in [-0.3, -0.25) is 4.79 Å². The lowest BCUT2D eigenvalue weighted by molar-refractivity contribution is 0.0594. The van der Waals surface area contributed by atoms with Gasteiger partial charge in [-0.2, -0.15) is 0 Å². The summed E-state index contributed by atoms with van der Waals surface area (Å²) >= 11 is 0. The number of ether oxygens (including phenoxy) is 1. The van der Waals surface area contributed by atoms with Crippen molar-refractivity contribution in [2.45, 2.75) is 13.5 Å². The Bertz CT molecular complexity index is 651. The van der Waals surface area contributed by atoms with E-state index in [4.69, 9.17) is 0 Å². The van der Waals surface area contributed by atoms with Crippen LogP contribution in [0.3, 0.4) is 0 Å². The molecule has 0 aliphatic heterocycles. The molecule has 0 saturated heterocycles. The Hall–Kier alpha value is -2.69. The monoisotopic (exact) mass is 284 g/mol. The van der Waals surface area contributed by atoms with Crippen molar-refractivity contribution in [2.24, 2.45) is 0 Å². The Labute approximate surface area is 123 Å². The van der Waals surface area contributed by atoms with Gasteiger partial charge >= 0.3 is 5.97 Å². The van der Waals surface area contributed by atoms with Gasteiger partial charge in [0.1, 0.15) is 5.69 Å². The van der Waals surface area contributed by atoms with E-state index >= 15 is 0 Å². The number of amides is 1. The van der Waals surface area contributed by atoms with Crippen LogP contribution in [0.4, 0.5) is 0 Å². The molecule has 0 radical (unpaired) electrons. The number of nitrogens with zero attached hydrogens (tertiary/aromatic N) is 1. The van der Waals surface area contributed by atoms with Crippen LogP contribution in [0.1, 0.15) is 32.0 Å². The number of carbonyl (C=O) groups is 2. The van der Waals surface area contributed by atoms with Crippen LogP contribution in [0.15, 0.2) is 42.6 Å². The molecule has 5 heteroatoms. The molecule has 0 bridgehead atoms. The highest BCUT2D eigenvalue weighted by atomic mass is 16.5. The van der Waals surface area contributed by atoms with Crippen LogP contribution in [0.25, 0.3) is 0 Å². The molecule has 1 aromatic heterocycles. The van der Waals surface area contributed by atoms with Crippen molar-refractivity contribution in [3.05, 3.63) is 65.0 Å². The third-order valence-corrected chi connectivity index (χ3v) is 2.99. The second-order valence-corrected chi connectivity index (χ2v) is 4.59. The fraction of sp³-hybridized carbons (Fsp3) is 0.188. The van der Waals surface area contributed by atoms with Crippen LogP contribution in [0, 0.1) is 6.92 Å². The maximum atomic E-state index is 12.1. The Morgan fingerprint density at radius 3 is 2.57 bits per heavy atom. The summed E-state index contributed by atoms with van der Waals surface area (Å²) in [7, 11) is 1.27. The van der Waals surface area contributed by atoms with E-state index in [9.17, 15) is 9.59 Å². The van der Waals surface area contributed by atoms with Gasteiger partial charge in [0, 0.05) is 18.3 Å². The van der Waals surface area contributed by atoms with Crippen molar-refractivity contribution < 1.29 is 14.3 Å². The first-order valence-corrected chi connectivity index (χ1v) is 6.48. The number of rotatable bonds is 4. The van der Waals surface area contributed by atoms with E-state index < -0.39 is 5.97 Å². The lowest BCUT2D eigenvalue weighted by atomic mass is 10.1. The van der Waals surface area contributed by atoms with Crippen molar-refractivity contribution in [2.75, 3.05) is 7.11 Å². The van der Waals surface area contributed by atoms with Gasteiger partial charge in [0.15, 0.2) is 0 Å². The van der Waals surface area contributed by atoms with E-state index in [1.807, 2.05) is 31.2 Å². The first kappa shape index (κ1) is 14.7. The standard InChI is InChI=1S/C16H16N2O3/c1-11-3-5-12(6-4-11)10-18-15(19)13-7-8-17-14(9-13)16(20)21-2/h3-9H,10H2,1-2H3,(H,18,19). The van der Waals surface area contributed by atoms with E-state index in [1.165, 1.54) is 24.9 Å². The highest BCUT2D eigenvalue weighted by Gasteiger charge is 2.11. The normalized spacial score (nSPS) is 10.0. The molecule has 0 atom stereocenters. The molecule has 5 nitrogen and oxygen atoms in total. The number of hydrogen-bond acceptors (Lipinski definition) is 4. The van der Waals surface area contributed by atoms with Crippen LogP contribution in [-0.2, 0) is 11.3 Å². The van der Waals surface area contributed by atoms with E-state index in [-0.39, 0.29) is 11.6 Å². The topological polar surface area (TPSA) is 68.3 Å². The second-order valence-electron chi connectivity index (χ2n) is 4.59. The van der Waals surface area contributed by atoms with Gasteiger partial charge in [-0.25, -0.2) is 9.78 Å². The molecule has 2 rings (SSSR count). The van der Waals surface area contributed by atoms with Crippen molar-refractivity contribution >= 4 is 11.9 Å². The van der Waals surface area contributed by atoms with Crippen molar-refractivity contribution in [1.82, 2.24) is 10.3 Å². The quantitative estimate of drug-likeness (QED) is 0.873. The van der Waals surface area contributed by atoms with Crippen molar-refractivity contribution in [3.8, 4) is 0 Å². The number of carbonyl (C=O) groups excluding carboxylic acids is 2. The molecule has 1 N–H and O–H groups in total. The first-order valence-electron chi connectivity index (χ1n) is 6.48. The van der Waals surface area contributed by atoms with Crippen LogP contribution in [-0.4, -0.2) is 24.0 Å². The zero-order chi connectivity index (χ0) is 15.2. The Morgan fingerprint density at radius 1 is 1.19 bits per heavy atom. The average Bonchev–Trinajstić information content (AvgIpc) is 2.53. The lowest BCUT2D eigenvalue weighted by Crippen LogP contribution is -2.23. The summed E-state index contributed by atoms with van der Waals surface area (Å²) in [6.07, 6.45) is 1.41. The summed E-state index contributed by atoms with van der Waals surface area (Å²) in [5.41, 5.74) is 2.66. The fourth-order valence-electron chi connectivity index (χ4n) is 1.78. The molecule has 108 valence electrons. The summed E-state index contributed by atoms with van der Waals surface area (Å²) in [6, 6.07) is 10.9. The molecule has 0 aliphatic rings. The third-order valence-electron chi connectivity index (χ3n) is 2.99. The number of esters is 1. The minimum atomic E-state index is -0.566. The van der Waals surface area contributed by atoms with Crippen LogP contribution in [0.2, 0.25) is 0 Å². The van der Waals surface area contributed by atoms with Gasteiger partial charge in [0.2, 0.25) is 0 Å². The Kier molecular flexibility index (Phi) is 4.66. The molecule has 0 fully saturated rings. The smallest absolute Gasteiger partial charge is 0.356 e. The number of pyridine rings is 1. The zero-order valence-electron chi connectivity index (χ0n) is 11.9. The molecule has 0 aliphatic carbocycles. The maximum absolute atomic E-state index is 12.1. The van der Waals surface area contributed by atoms with Gasteiger partial charge in [-0.05, 0) is 24.6 Å². The van der Waals surface area contributed by atoms with Gasteiger partial charge in [0.25, 0.3) is 5.91 Å². The zero-order valence-corrected chi connectivity index (χ0v) is 11.9. The summed E-state index contributed by atoms with van der Waals surface area (Å²) < 4.78 is 4.58. The molecular formula is C16H16N2O3. The molecule has 0 spiro atoms. The highest BCUT2D eigenvalue weighted by molar-refractivity contribution is 5.96. The average molecular weight is 284 g/mol. The summed E-state index contributed by atoms with van der Waals surface area (Å²) in [5.74, 6) is -0.827. The van der Waals surface area contributed by atoms with Gasteiger partial charge < -0.3 is 10.1 Å². The fourth-order valence-corrected chi connectivity index (χ4v) is 1.78. The van der Waals surface area contributed by atoms with Gasteiger partial charge in [0.05, 0.1) is 7.11 Å².